The summed E-state index contributed by atoms with van der Waals surface area (Å²) in [6, 6.07) is 5.47. The zero-order chi connectivity index (χ0) is 10.8. The van der Waals surface area contributed by atoms with Gasteiger partial charge in [-0.25, -0.2) is 4.98 Å². The Hall–Kier alpha value is -1.62. The van der Waals surface area contributed by atoms with Gasteiger partial charge in [0.2, 0.25) is 5.88 Å². The van der Waals surface area contributed by atoms with E-state index in [1.165, 1.54) is 0 Å². The van der Waals surface area contributed by atoms with Crippen LogP contribution in [-0.4, -0.2) is 30.0 Å². The van der Waals surface area contributed by atoms with Crippen LogP contribution in [0.3, 0.4) is 0 Å². The van der Waals surface area contributed by atoms with E-state index in [2.05, 4.69) is 9.72 Å². The molecule has 0 unspecified atom stereocenters. The molecule has 0 saturated heterocycles. The first kappa shape index (κ1) is 12.4. The molecule has 1 rings (SSSR count). The second kappa shape index (κ2) is 8.00. The number of hydrogen-bond acceptors (Lipinski definition) is 4. The van der Waals surface area contributed by atoms with Gasteiger partial charge < -0.3 is 14.6 Å². The number of aliphatic carboxylic acids is 1. The highest BCUT2D eigenvalue weighted by atomic mass is 16.7. The van der Waals surface area contributed by atoms with Gasteiger partial charge in [-0.05, 0) is 6.07 Å². The largest absolute Gasteiger partial charge is 0.481 e. The van der Waals surface area contributed by atoms with Crippen molar-refractivity contribution in [3.63, 3.8) is 0 Å². The predicted molar refractivity (Wildman–Crippen MR) is 50.1 cm³/mol. The quantitative estimate of drug-likeness (QED) is 0.739. The average Bonchev–Trinajstić information content (AvgIpc) is 2.15. The molecule has 78 valence electrons. The van der Waals surface area contributed by atoms with Crippen LogP contribution in [0.4, 0.5) is 0 Å². The maximum absolute atomic E-state index is 9.00. The fraction of sp³-hybridized carbons (Fsp3) is 0.333. The lowest BCUT2D eigenvalue weighted by Gasteiger charge is -2.00. The molecule has 14 heavy (non-hydrogen) atoms. The highest BCUT2D eigenvalue weighted by Gasteiger charge is 1.88. The van der Waals surface area contributed by atoms with E-state index in [0.717, 1.165) is 6.92 Å². The minimum absolute atomic E-state index is 0.247. The molecule has 0 aromatic carbocycles. The standard InChI is InChI=1S/C7H9NO2.C2H4O2/c1-9-6-10-7-4-2-3-5-8-7;1-2(3)4/h2-5H,6H2,1H3;1H3,(H,3,4). The molecule has 1 N–H and O–H groups in total. The number of carboxylic acid groups (broad SMARTS) is 1. The van der Waals surface area contributed by atoms with E-state index in [0.29, 0.717) is 5.88 Å². The zero-order valence-electron chi connectivity index (χ0n) is 8.14. The molecule has 1 heterocycles. The lowest BCUT2D eigenvalue weighted by molar-refractivity contribution is -0.134. The van der Waals surface area contributed by atoms with Gasteiger partial charge in [0, 0.05) is 26.3 Å². The number of carboxylic acids is 1. The Morgan fingerprint density at radius 3 is 2.64 bits per heavy atom. The van der Waals surface area contributed by atoms with E-state index in [4.69, 9.17) is 14.6 Å². The third-order valence-electron chi connectivity index (χ3n) is 0.962. The fourth-order valence-corrected chi connectivity index (χ4v) is 0.552. The Bertz CT molecular complexity index is 246. The number of carbonyl (C=O) groups is 1. The highest BCUT2D eigenvalue weighted by Crippen LogP contribution is 2.01. The second-order valence-electron chi connectivity index (χ2n) is 2.24. The zero-order valence-corrected chi connectivity index (χ0v) is 8.14. The molecule has 0 amide bonds. The van der Waals surface area contributed by atoms with Gasteiger partial charge in [-0.15, -0.1) is 0 Å². The monoisotopic (exact) mass is 199 g/mol. The van der Waals surface area contributed by atoms with Crippen molar-refractivity contribution in [1.29, 1.82) is 0 Å². The first-order chi connectivity index (χ1) is 6.66. The topological polar surface area (TPSA) is 68.7 Å². The van der Waals surface area contributed by atoms with Crippen LogP contribution in [0.25, 0.3) is 0 Å². The maximum Gasteiger partial charge on any atom is 0.300 e. The Kier molecular flexibility index (Phi) is 7.07. The van der Waals surface area contributed by atoms with Crippen LogP contribution in [0.5, 0.6) is 5.88 Å². The molecule has 0 saturated carbocycles. The summed E-state index contributed by atoms with van der Waals surface area (Å²) < 4.78 is 9.71. The van der Waals surface area contributed by atoms with Crippen molar-refractivity contribution < 1.29 is 19.4 Å². The average molecular weight is 199 g/mol. The van der Waals surface area contributed by atoms with Gasteiger partial charge in [-0.2, -0.15) is 0 Å². The summed E-state index contributed by atoms with van der Waals surface area (Å²) in [4.78, 5) is 12.9. The summed E-state index contributed by atoms with van der Waals surface area (Å²) in [5.41, 5.74) is 0. The van der Waals surface area contributed by atoms with Gasteiger partial charge in [0.05, 0.1) is 0 Å². The Balaban J connectivity index is 0.000000364. The Morgan fingerprint density at radius 2 is 2.21 bits per heavy atom. The first-order valence-corrected chi connectivity index (χ1v) is 3.89. The Labute approximate surface area is 82.3 Å². The van der Waals surface area contributed by atoms with E-state index in [9.17, 15) is 0 Å². The molecule has 0 aliphatic heterocycles. The third kappa shape index (κ3) is 8.48. The van der Waals surface area contributed by atoms with Crippen molar-refractivity contribution in [3.05, 3.63) is 24.4 Å². The molecule has 1 aromatic heterocycles. The lowest BCUT2D eigenvalue weighted by Crippen LogP contribution is -1.99. The number of methoxy groups -OCH3 is 1. The molecule has 0 atom stereocenters. The molecular formula is C9H13NO4. The maximum atomic E-state index is 9.00. The van der Waals surface area contributed by atoms with Crippen LogP contribution in [0.1, 0.15) is 6.92 Å². The van der Waals surface area contributed by atoms with E-state index >= 15 is 0 Å². The number of nitrogens with zero attached hydrogens (tertiary/aromatic N) is 1. The van der Waals surface area contributed by atoms with Gasteiger partial charge in [-0.1, -0.05) is 6.07 Å². The van der Waals surface area contributed by atoms with Crippen LogP contribution >= 0.6 is 0 Å². The third-order valence-corrected chi connectivity index (χ3v) is 0.962. The minimum Gasteiger partial charge on any atom is -0.481 e. The number of ether oxygens (including phenoxy) is 2. The van der Waals surface area contributed by atoms with Crippen molar-refractivity contribution >= 4 is 5.97 Å². The molecule has 0 radical (unpaired) electrons. The number of rotatable bonds is 3. The first-order valence-electron chi connectivity index (χ1n) is 3.89. The summed E-state index contributed by atoms with van der Waals surface area (Å²) in [6.45, 7) is 1.33. The molecule has 0 bridgehead atoms. The lowest BCUT2D eigenvalue weighted by atomic mass is 10.5. The number of hydrogen-bond donors (Lipinski definition) is 1. The van der Waals surface area contributed by atoms with Crippen molar-refractivity contribution in [1.82, 2.24) is 4.98 Å². The molecule has 0 aliphatic carbocycles. The molecule has 1 aromatic rings. The molecule has 0 aliphatic rings. The van der Waals surface area contributed by atoms with Crippen molar-refractivity contribution in [2.45, 2.75) is 6.92 Å². The van der Waals surface area contributed by atoms with Gasteiger partial charge >= 0.3 is 0 Å². The van der Waals surface area contributed by atoms with Crippen LogP contribution in [0.2, 0.25) is 0 Å². The summed E-state index contributed by atoms with van der Waals surface area (Å²) in [5, 5.41) is 7.42. The van der Waals surface area contributed by atoms with Crippen molar-refractivity contribution in [2.75, 3.05) is 13.9 Å². The summed E-state index contributed by atoms with van der Waals surface area (Å²) in [6.07, 6.45) is 1.67. The molecular weight excluding hydrogens is 186 g/mol. The van der Waals surface area contributed by atoms with E-state index in [1.807, 2.05) is 12.1 Å². The van der Waals surface area contributed by atoms with E-state index < -0.39 is 5.97 Å². The second-order valence-corrected chi connectivity index (χ2v) is 2.24. The van der Waals surface area contributed by atoms with Crippen LogP contribution in [0, 0.1) is 0 Å². The van der Waals surface area contributed by atoms with Crippen molar-refractivity contribution in [2.24, 2.45) is 0 Å². The van der Waals surface area contributed by atoms with Crippen LogP contribution in [0.15, 0.2) is 24.4 Å². The van der Waals surface area contributed by atoms with Gasteiger partial charge in [-0.3, -0.25) is 4.79 Å². The minimum atomic E-state index is -0.833. The van der Waals surface area contributed by atoms with Gasteiger partial charge in [0.25, 0.3) is 5.97 Å². The molecule has 5 heteroatoms. The summed E-state index contributed by atoms with van der Waals surface area (Å²) >= 11 is 0. The van der Waals surface area contributed by atoms with Crippen molar-refractivity contribution in [3.8, 4) is 5.88 Å². The van der Waals surface area contributed by atoms with Crippen LogP contribution < -0.4 is 4.74 Å². The predicted octanol–water partition coefficient (Wildman–Crippen LogP) is 1.16. The smallest absolute Gasteiger partial charge is 0.300 e. The molecule has 0 fully saturated rings. The number of pyridine rings is 1. The van der Waals surface area contributed by atoms with E-state index in [-0.39, 0.29) is 6.79 Å². The van der Waals surface area contributed by atoms with E-state index in [1.54, 1.807) is 19.4 Å². The normalized spacial score (nSPS) is 8.43. The SMILES string of the molecule is CC(=O)O.COCOc1ccccn1. The van der Waals surface area contributed by atoms with Gasteiger partial charge in [0.15, 0.2) is 6.79 Å². The molecule has 0 spiro atoms. The summed E-state index contributed by atoms with van der Waals surface area (Å²) in [7, 11) is 1.57. The molecule has 5 nitrogen and oxygen atoms in total. The highest BCUT2D eigenvalue weighted by molar-refractivity contribution is 5.62. The summed E-state index contributed by atoms with van der Waals surface area (Å²) in [5.74, 6) is -0.246. The van der Waals surface area contributed by atoms with Gasteiger partial charge in [0.1, 0.15) is 0 Å². The Morgan fingerprint density at radius 1 is 1.57 bits per heavy atom. The number of aromatic nitrogens is 1. The van der Waals surface area contributed by atoms with Crippen LogP contribution in [-0.2, 0) is 9.53 Å². The fourth-order valence-electron chi connectivity index (χ4n) is 0.552.